The van der Waals surface area contributed by atoms with Crippen molar-refractivity contribution < 1.29 is 33.3 Å². The first kappa shape index (κ1) is 21.3. The van der Waals surface area contributed by atoms with Crippen molar-refractivity contribution in [2.75, 3.05) is 11.9 Å². The maximum Gasteiger partial charge on any atom is 0.413 e. The number of carbonyl (C=O) groups is 1. The standard InChI is InChI=1S/C18H23F2N3O6/c19-18(20)14(25)12(10-24)29-15(18)23-9-8-13(21-16(23)26)22-17(27)28-11-6-4-2-1-3-5-7-11/h4,6,8-9,11-12,14-15,24-25H,1-3,5,7,10H2,(H,21,22,26,27)/b6-4+/t11?,12?,14-,15+/m0/s1. The first-order valence-electron chi connectivity index (χ1n) is 9.38. The molecular weight excluding hydrogens is 392 g/mol. The zero-order chi connectivity index (χ0) is 21.0. The number of anilines is 1. The van der Waals surface area contributed by atoms with Gasteiger partial charge in [-0.25, -0.2) is 9.59 Å². The third kappa shape index (κ3) is 4.80. The van der Waals surface area contributed by atoms with E-state index in [0.29, 0.717) is 11.0 Å². The fraction of sp³-hybridized carbons (Fsp3) is 0.611. The van der Waals surface area contributed by atoms with Gasteiger partial charge >= 0.3 is 17.7 Å². The number of halogens is 2. The number of ether oxygens (including phenoxy) is 2. The highest BCUT2D eigenvalue weighted by Gasteiger charge is 2.59. The summed E-state index contributed by atoms with van der Waals surface area (Å²) in [5.74, 6) is -3.98. The predicted molar refractivity (Wildman–Crippen MR) is 96.6 cm³/mol. The SMILES string of the molecule is O=C(Nc1ccn([C@@H]2OC(CO)[C@H](O)C2(F)F)c(=O)n1)OC1/C=C/CCCCC1. The number of aliphatic hydroxyl groups excluding tert-OH is 2. The van der Waals surface area contributed by atoms with Crippen LogP contribution in [0.2, 0.25) is 0 Å². The zero-order valence-electron chi connectivity index (χ0n) is 15.5. The van der Waals surface area contributed by atoms with Gasteiger partial charge in [0.05, 0.1) is 6.61 Å². The van der Waals surface area contributed by atoms with E-state index in [0.717, 1.165) is 37.9 Å². The Hall–Kier alpha value is -2.37. The molecule has 160 valence electrons. The minimum Gasteiger partial charge on any atom is -0.442 e. The van der Waals surface area contributed by atoms with E-state index in [4.69, 9.17) is 14.6 Å². The Bertz CT molecular complexity index is 815. The highest BCUT2D eigenvalue weighted by atomic mass is 19.3. The second-order valence-electron chi connectivity index (χ2n) is 6.97. The quantitative estimate of drug-likeness (QED) is 0.638. The van der Waals surface area contributed by atoms with Crippen LogP contribution in [0.5, 0.6) is 0 Å². The molecule has 2 heterocycles. The summed E-state index contributed by atoms with van der Waals surface area (Å²) in [6.45, 7) is -0.837. The van der Waals surface area contributed by atoms with E-state index in [2.05, 4.69) is 10.3 Å². The summed E-state index contributed by atoms with van der Waals surface area (Å²) in [6, 6.07) is 1.13. The maximum absolute atomic E-state index is 14.2. The molecule has 11 heteroatoms. The summed E-state index contributed by atoms with van der Waals surface area (Å²) >= 11 is 0. The molecule has 2 unspecified atom stereocenters. The Morgan fingerprint density at radius 2 is 2.21 bits per heavy atom. The number of alkyl halides is 2. The van der Waals surface area contributed by atoms with Crippen molar-refractivity contribution >= 4 is 11.9 Å². The number of aromatic nitrogens is 2. The lowest BCUT2D eigenvalue weighted by atomic mass is 10.0. The Labute approximate surface area is 165 Å². The molecule has 2 aliphatic rings. The number of amides is 1. The average molecular weight is 415 g/mol. The Kier molecular flexibility index (Phi) is 6.60. The fourth-order valence-corrected chi connectivity index (χ4v) is 3.28. The van der Waals surface area contributed by atoms with Crippen LogP contribution in [-0.4, -0.2) is 56.7 Å². The van der Waals surface area contributed by atoms with E-state index >= 15 is 0 Å². The third-order valence-electron chi connectivity index (χ3n) is 4.84. The van der Waals surface area contributed by atoms with E-state index in [9.17, 15) is 23.5 Å². The van der Waals surface area contributed by atoms with E-state index in [1.165, 1.54) is 0 Å². The first-order valence-corrected chi connectivity index (χ1v) is 9.38. The van der Waals surface area contributed by atoms with E-state index in [1.807, 2.05) is 12.2 Å². The summed E-state index contributed by atoms with van der Waals surface area (Å²) in [7, 11) is 0. The van der Waals surface area contributed by atoms with Gasteiger partial charge in [-0.1, -0.05) is 12.5 Å². The van der Waals surface area contributed by atoms with Gasteiger partial charge in [0, 0.05) is 6.20 Å². The molecule has 1 fully saturated rings. The summed E-state index contributed by atoms with van der Waals surface area (Å²) in [4.78, 5) is 27.7. The molecule has 0 bridgehead atoms. The van der Waals surface area contributed by atoms with Crippen LogP contribution < -0.4 is 11.0 Å². The van der Waals surface area contributed by atoms with Gasteiger partial charge in [0.15, 0.2) is 6.10 Å². The Morgan fingerprint density at radius 1 is 1.41 bits per heavy atom. The number of nitrogens with one attached hydrogen (secondary N) is 1. The van der Waals surface area contributed by atoms with Crippen LogP contribution in [0.25, 0.3) is 0 Å². The van der Waals surface area contributed by atoms with Gasteiger partial charge in [0.25, 0.3) is 0 Å². The minimum absolute atomic E-state index is 0.174. The molecule has 1 aromatic rings. The fourth-order valence-electron chi connectivity index (χ4n) is 3.28. The van der Waals surface area contributed by atoms with Crippen LogP contribution in [0.4, 0.5) is 19.4 Å². The zero-order valence-corrected chi connectivity index (χ0v) is 15.5. The van der Waals surface area contributed by atoms with Gasteiger partial charge in [-0.2, -0.15) is 13.8 Å². The topological polar surface area (TPSA) is 123 Å². The molecule has 0 saturated carbocycles. The van der Waals surface area contributed by atoms with E-state index in [-0.39, 0.29) is 5.82 Å². The molecule has 9 nitrogen and oxygen atoms in total. The first-order chi connectivity index (χ1) is 13.8. The smallest absolute Gasteiger partial charge is 0.413 e. The number of nitrogens with zero attached hydrogens (tertiary/aromatic N) is 2. The van der Waals surface area contributed by atoms with Gasteiger partial charge in [0.2, 0.25) is 6.23 Å². The molecule has 1 amide bonds. The number of rotatable bonds is 4. The van der Waals surface area contributed by atoms with Crippen molar-refractivity contribution in [3.8, 4) is 0 Å². The summed E-state index contributed by atoms with van der Waals surface area (Å²) < 4.78 is 39.0. The van der Waals surface area contributed by atoms with Gasteiger partial charge < -0.3 is 19.7 Å². The summed E-state index contributed by atoms with van der Waals surface area (Å²) in [5.41, 5.74) is -1.12. The molecule has 29 heavy (non-hydrogen) atoms. The van der Waals surface area contributed by atoms with Gasteiger partial charge in [0.1, 0.15) is 18.0 Å². The van der Waals surface area contributed by atoms with Crippen LogP contribution >= 0.6 is 0 Å². The maximum atomic E-state index is 14.2. The lowest BCUT2D eigenvalue weighted by Gasteiger charge is -2.21. The number of allylic oxidation sites excluding steroid dienone is 1. The summed E-state index contributed by atoms with van der Waals surface area (Å²) in [5, 5.41) is 20.9. The van der Waals surface area contributed by atoms with Crippen molar-refractivity contribution in [1.29, 1.82) is 0 Å². The average Bonchev–Trinajstić information content (AvgIpc) is 2.87. The molecule has 1 aromatic heterocycles. The number of hydrogen-bond donors (Lipinski definition) is 3. The number of aliphatic hydroxyl groups is 2. The largest absolute Gasteiger partial charge is 0.442 e. The van der Waals surface area contributed by atoms with Crippen LogP contribution in [0.1, 0.15) is 38.3 Å². The van der Waals surface area contributed by atoms with E-state index in [1.54, 1.807) is 0 Å². The molecule has 3 rings (SSSR count). The summed E-state index contributed by atoms with van der Waals surface area (Å²) in [6.07, 6.45) is 2.25. The molecule has 4 atom stereocenters. The normalized spacial score (nSPS) is 30.2. The highest BCUT2D eigenvalue weighted by Crippen LogP contribution is 2.41. The molecule has 1 saturated heterocycles. The molecule has 0 radical (unpaired) electrons. The van der Waals surface area contributed by atoms with Crippen LogP contribution in [0.15, 0.2) is 29.2 Å². The van der Waals surface area contributed by atoms with Crippen molar-refractivity contribution in [1.82, 2.24) is 9.55 Å². The second-order valence-corrected chi connectivity index (χ2v) is 6.97. The lowest BCUT2D eigenvalue weighted by molar-refractivity contribution is -0.140. The van der Waals surface area contributed by atoms with Crippen molar-refractivity contribution in [2.24, 2.45) is 0 Å². The highest BCUT2D eigenvalue weighted by molar-refractivity contribution is 5.83. The van der Waals surface area contributed by atoms with E-state index < -0.39 is 48.9 Å². The number of carbonyl (C=O) groups excluding carboxylic acids is 1. The van der Waals surface area contributed by atoms with Crippen molar-refractivity contribution in [3.05, 3.63) is 34.9 Å². The molecule has 3 N–H and O–H groups in total. The molecule has 0 spiro atoms. The van der Waals surface area contributed by atoms with Gasteiger partial charge in [-0.3, -0.25) is 9.88 Å². The van der Waals surface area contributed by atoms with Crippen molar-refractivity contribution in [2.45, 2.75) is 62.6 Å². The molecule has 0 aromatic carbocycles. The van der Waals surface area contributed by atoms with Crippen LogP contribution in [0.3, 0.4) is 0 Å². The van der Waals surface area contributed by atoms with Crippen LogP contribution in [0, 0.1) is 0 Å². The molecule has 1 aliphatic heterocycles. The van der Waals surface area contributed by atoms with Gasteiger partial charge in [-0.15, -0.1) is 0 Å². The van der Waals surface area contributed by atoms with Crippen LogP contribution in [-0.2, 0) is 9.47 Å². The Balaban J connectivity index is 1.67. The van der Waals surface area contributed by atoms with Gasteiger partial charge in [-0.05, 0) is 37.8 Å². The second kappa shape index (κ2) is 8.97. The number of hydrogen-bond acceptors (Lipinski definition) is 7. The minimum atomic E-state index is -3.81. The molecule has 1 aliphatic carbocycles. The third-order valence-corrected chi connectivity index (χ3v) is 4.84. The monoisotopic (exact) mass is 415 g/mol. The predicted octanol–water partition coefficient (Wildman–Crippen LogP) is 1.57. The Morgan fingerprint density at radius 3 is 2.90 bits per heavy atom. The van der Waals surface area contributed by atoms with Crippen molar-refractivity contribution in [3.63, 3.8) is 0 Å². The molecular formula is C18H23F2N3O6. The lowest BCUT2D eigenvalue weighted by Crippen LogP contribution is -2.41.